The first-order valence-electron chi connectivity index (χ1n) is 12.6. The smallest absolute Gasteiger partial charge is 0.313 e. The molecule has 8 heteroatoms. The minimum atomic E-state index is -0.682. The molecule has 2 aromatic carbocycles. The van der Waals surface area contributed by atoms with Crippen molar-refractivity contribution in [1.82, 2.24) is 15.2 Å². The number of aryl methyl sites for hydroxylation is 2. The number of amides is 2. The molecule has 0 spiro atoms. The van der Waals surface area contributed by atoms with Crippen LogP contribution >= 0.6 is 0 Å². The number of hydrogen-bond acceptors (Lipinski definition) is 6. The van der Waals surface area contributed by atoms with E-state index in [9.17, 15) is 9.59 Å². The molecule has 1 atom stereocenters. The molecule has 2 amide bonds. The third kappa shape index (κ3) is 5.20. The fourth-order valence-electron chi connectivity index (χ4n) is 5.22. The van der Waals surface area contributed by atoms with Gasteiger partial charge in [0, 0.05) is 50.0 Å². The molecule has 3 heterocycles. The Morgan fingerprint density at radius 3 is 2.69 bits per heavy atom. The summed E-state index contributed by atoms with van der Waals surface area (Å²) in [4.78, 5) is 34.8. The third-order valence-electron chi connectivity index (χ3n) is 7.08. The van der Waals surface area contributed by atoms with Gasteiger partial charge in [0.25, 0.3) is 0 Å². The Morgan fingerprint density at radius 2 is 1.86 bits per heavy atom. The molecule has 5 rings (SSSR count). The molecule has 0 bridgehead atoms. The minimum absolute atomic E-state index is 0.0350. The number of benzene rings is 2. The number of nitrogens with one attached hydrogen (secondary N) is 2. The van der Waals surface area contributed by atoms with E-state index < -0.39 is 11.8 Å². The number of nitrogens with zero attached hydrogens (tertiary/aromatic N) is 3. The van der Waals surface area contributed by atoms with Gasteiger partial charge in [-0.15, -0.1) is 0 Å². The van der Waals surface area contributed by atoms with Crippen LogP contribution in [-0.4, -0.2) is 68.1 Å². The summed E-state index contributed by atoms with van der Waals surface area (Å²) in [7, 11) is 2.13. The molecule has 0 radical (unpaired) electrons. The lowest BCUT2D eigenvalue weighted by Crippen LogP contribution is -2.45. The van der Waals surface area contributed by atoms with Gasteiger partial charge in [0.05, 0.1) is 30.5 Å². The highest BCUT2D eigenvalue weighted by atomic mass is 16.5. The first kappa shape index (κ1) is 24.2. The number of rotatable bonds is 5. The van der Waals surface area contributed by atoms with Gasteiger partial charge in [-0.3, -0.25) is 19.5 Å². The standard InChI is InChI=1S/C28H33N5O3/c1-19-16-24(22-7-3-4-8-23(22)30-19)31-28(35)27(34)29-18-26(33-12-14-36-15-13-33)21-9-10-25-20(17-21)6-5-11-32(25)2/h3-4,7-10,16-17,26H,5-6,11-15,18H2,1-2H3,(H,29,34)(H,30,31,35)/t26-/m1/s1. The van der Waals surface area contributed by atoms with E-state index in [2.05, 4.69) is 50.7 Å². The summed E-state index contributed by atoms with van der Waals surface area (Å²) in [5.41, 5.74) is 5.90. The molecule has 0 aliphatic carbocycles. The number of carbonyl (C=O) groups excluding carboxylic acids is 2. The number of para-hydroxylation sites is 1. The maximum atomic E-state index is 12.9. The maximum absolute atomic E-state index is 12.9. The van der Waals surface area contributed by atoms with E-state index in [1.165, 1.54) is 11.3 Å². The van der Waals surface area contributed by atoms with Crippen LogP contribution in [0.1, 0.15) is 29.3 Å². The number of ether oxygens (including phenoxy) is 1. The second kappa shape index (κ2) is 10.6. The van der Waals surface area contributed by atoms with Crippen LogP contribution in [-0.2, 0) is 20.7 Å². The largest absolute Gasteiger partial charge is 0.379 e. The van der Waals surface area contributed by atoms with Crippen LogP contribution in [0.25, 0.3) is 10.9 Å². The third-order valence-corrected chi connectivity index (χ3v) is 7.08. The topological polar surface area (TPSA) is 86.8 Å². The minimum Gasteiger partial charge on any atom is -0.379 e. The Hall–Kier alpha value is -3.49. The van der Waals surface area contributed by atoms with Gasteiger partial charge in [0.15, 0.2) is 0 Å². The molecule has 1 fully saturated rings. The zero-order chi connectivity index (χ0) is 25.1. The molecule has 0 saturated carbocycles. The summed E-state index contributed by atoms with van der Waals surface area (Å²) >= 11 is 0. The lowest BCUT2D eigenvalue weighted by atomic mass is 9.95. The Morgan fingerprint density at radius 1 is 1.06 bits per heavy atom. The quantitative estimate of drug-likeness (QED) is 0.538. The summed E-state index contributed by atoms with van der Waals surface area (Å²) in [5, 5.41) is 6.48. The molecule has 1 aromatic heterocycles. The van der Waals surface area contributed by atoms with Crippen LogP contribution in [0, 0.1) is 6.92 Å². The van der Waals surface area contributed by atoms with E-state index in [4.69, 9.17) is 4.74 Å². The zero-order valence-electron chi connectivity index (χ0n) is 20.9. The molecule has 8 nitrogen and oxygen atoms in total. The second-order valence-electron chi connectivity index (χ2n) is 9.57. The van der Waals surface area contributed by atoms with Gasteiger partial charge in [-0.1, -0.05) is 30.3 Å². The number of fused-ring (bicyclic) bond motifs is 2. The van der Waals surface area contributed by atoms with Crippen molar-refractivity contribution in [3.63, 3.8) is 0 Å². The number of hydrogen-bond donors (Lipinski definition) is 2. The summed E-state index contributed by atoms with van der Waals surface area (Å²) in [6, 6.07) is 15.9. The number of pyridine rings is 1. The van der Waals surface area contributed by atoms with Crippen molar-refractivity contribution in [3.8, 4) is 0 Å². The van der Waals surface area contributed by atoms with E-state index in [-0.39, 0.29) is 6.04 Å². The van der Waals surface area contributed by atoms with E-state index in [0.717, 1.165) is 54.6 Å². The van der Waals surface area contributed by atoms with Crippen molar-refractivity contribution in [2.24, 2.45) is 0 Å². The zero-order valence-corrected chi connectivity index (χ0v) is 20.9. The molecule has 0 unspecified atom stereocenters. The first-order chi connectivity index (χ1) is 17.5. The van der Waals surface area contributed by atoms with Crippen molar-refractivity contribution in [1.29, 1.82) is 0 Å². The highest BCUT2D eigenvalue weighted by Crippen LogP contribution is 2.31. The van der Waals surface area contributed by atoms with Crippen molar-refractivity contribution < 1.29 is 14.3 Å². The van der Waals surface area contributed by atoms with Gasteiger partial charge in [-0.05, 0) is 49.1 Å². The Labute approximate surface area is 211 Å². The number of aromatic nitrogens is 1. The Bertz CT molecular complexity index is 1270. The molecule has 36 heavy (non-hydrogen) atoms. The average molecular weight is 488 g/mol. The van der Waals surface area contributed by atoms with Gasteiger partial charge < -0.3 is 20.3 Å². The second-order valence-corrected chi connectivity index (χ2v) is 9.57. The van der Waals surface area contributed by atoms with Crippen LogP contribution in [0.15, 0.2) is 48.5 Å². The van der Waals surface area contributed by atoms with Gasteiger partial charge in [-0.2, -0.15) is 0 Å². The van der Waals surface area contributed by atoms with Gasteiger partial charge in [0.2, 0.25) is 0 Å². The van der Waals surface area contributed by atoms with Crippen molar-refractivity contribution in [2.45, 2.75) is 25.8 Å². The fourth-order valence-corrected chi connectivity index (χ4v) is 5.22. The summed E-state index contributed by atoms with van der Waals surface area (Å²) in [6.07, 6.45) is 2.19. The molecule has 1 saturated heterocycles. The molecule has 188 valence electrons. The molecular formula is C28H33N5O3. The van der Waals surface area contributed by atoms with Crippen molar-refractivity contribution in [2.75, 3.05) is 56.7 Å². The first-order valence-corrected chi connectivity index (χ1v) is 12.6. The summed E-state index contributed by atoms with van der Waals surface area (Å²) in [5.74, 6) is -1.33. The fraction of sp³-hybridized carbons (Fsp3) is 0.393. The summed E-state index contributed by atoms with van der Waals surface area (Å²) in [6.45, 7) is 6.16. The normalized spacial score (nSPS) is 16.9. The molecule has 2 aliphatic rings. The maximum Gasteiger partial charge on any atom is 0.313 e. The Balaban J connectivity index is 1.31. The Kier molecular flexibility index (Phi) is 7.16. The lowest BCUT2D eigenvalue weighted by molar-refractivity contribution is -0.136. The number of carbonyl (C=O) groups is 2. The lowest BCUT2D eigenvalue weighted by Gasteiger charge is -2.36. The van der Waals surface area contributed by atoms with Crippen LogP contribution < -0.4 is 15.5 Å². The van der Waals surface area contributed by atoms with Gasteiger partial charge in [0.1, 0.15) is 0 Å². The molecule has 2 aliphatic heterocycles. The van der Waals surface area contributed by atoms with E-state index >= 15 is 0 Å². The van der Waals surface area contributed by atoms with Crippen molar-refractivity contribution >= 4 is 34.1 Å². The van der Waals surface area contributed by atoms with Crippen LogP contribution in [0.3, 0.4) is 0 Å². The SMILES string of the molecule is Cc1cc(NC(=O)C(=O)NC[C@H](c2ccc3c(c2)CCCN3C)N2CCOCC2)c2ccccc2n1. The molecule has 3 aromatic rings. The highest BCUT2D eigenvalue weighted by Gasteiger charge is 2.26. The van der Waals surface area contributed by atoms with Crippen molar-refractivity contribution in [3.05, 3.63) is 65.4 Å². The summed E-state index contributed by atoms with van der Waals surface area (Å²) < 4.78 is 5.56. The predicted octanol–water partition coefficient (Wildman–Crippen LogP) is 3.05. The van der Waals surface area contributed by atoms with Crippen LogP contribution in [0.5, 0.6) is 0 Å². The molecule has 2 N–H and O–H groups in total. The number of morpholine rings is 1. The van der Waals surface area contributed by atoms with Crippen LogP contribution in [0.2, 0.25) is 0 Å². The highest BCUT2D eigenvalue weighted by molar-refractivity contribution is 6.40. The monoisotopic (exact) mass is 487 g/mol. The van der Waals surface area contributed by atoms with Gasteiger partial charge in [-0.25, -0.2) is 0 Å². The molecular weight excluding hydrogens is 454 g/mol. The van der Waals surface area contributed by atoms with Crippen LogP contribution in [0.4, 0.5) is 11.4 Å². The van der Waals surface area contributed by atoms with E-state index in [1.54, 1.807) is 6.07 Å². The van der Waals surface area contributed by atoms with Gasteiger partial charge >= 0.3 is 11.8 Å². The van der Waals surface area contributed by atoms with E-state index in [1.807, 2.05) is 31.2 Å². The predicted molar refractivity (Wildman–Crippen MR) is 141 cm³/mol. The van der Waals surface area contributed by atoms with E-state index in [0.29, 0.717) is 25.4 Å². The number of anilines is 2. The average Bonchev–Trinajstić information content (AvgIpc) is 2.89.